The van der Waals surface area contributed by atoms with Crippen molar-refractivity contribution >= 4 is 11.6 Å². The van der Waals surface area contributed by atoms with Gasteiger partial charge in [0.25, 0.3) is 5.91 Å². The maximum atomic E-state index is 13.3. The van der Waals surface area contributed by atoms with Crippen LogP contribution < -0.4 is 5.32 Å². The third-order valence-electron chi connectivity index (χ3n) is 5.25. The highest BCUT2D eigenvalue weighted by atomic mass is 16.2. The van der Waals surface area contributed by atoms with Gasteiger partial charge in [0.15, 0.2) is 0 Å². The Morgan fingerprint density at radius 3 is 2.56 bits per heavy atom. The van der Waals surface area contributed by atoms with E-state index < -0.39 is 5.54 Å². The van der Waals surface area contributed by atoms with E-state index in [1.165, 1.54) is 5.56 Å². The number of amides is 1. The molecule has 1 N–H and O–H groups in total. The Bertz CT molecular complexity index is 878. The number of likely N-dealkylation sites (tertiary alicyclic amines) is 1. The van der Waals surface area contributed by atoms with Crippen molar-refractivity contribution in [3.8, 4) is 0 Å². The Balaban J connectivity index is 1.50. The molecule has 7 nitrogen and oxygen atoms in total. The SMILES string of the molecule is Cn1cc(CN2CCC(C(=O)Nc3ccccc3)(n3cccn3)CC2)cn1. The molecule has 3 aromatic rings. The normalized spacial score (nSPS) is 16.9. The number of benzene rings is 1. The van der Waals surface area contributed by atoms with Crippen LogP contribution in [0, 0.1) is 0 Å². The van der Waals surface area contributed by atoms with E-state index in [4.69, 9.17) is 0 Å². The van der Waals surface area contributed by atoms with Crippen LogP contribution >= 0.6 is 0 Å². The largest absolute Gasteiger partial charge is 0.324 e. The van der Waals surface area contributed by atoms with Crippen molar-refractivity contribution in [2.24, 2.45) is 7.05 Å². The summed E-state index contributed by atoms with van der Waals surface area (Å²) in [5.74, 6) is -0.00146. The zero-order chi connectivity index (χ0) is 18.7. The summed E-state index contributed by atoms with van der Waals surface area (Å²) in [6.07, 6.45) is 9.00. The molecule has 27 heavy (non-hydrogen) atoms. The molecule has 0 saturated carbocycles. The summed E-state index contributed by atoms with van der Waals surface area (Å²) in [4.78, 5) is 15.6. The maximum absolute atomic E-state index is 13.3. The summed E-state index contributed by atoms with van der Waals surface area (Å²) < 4.78 is 3.65. The number of anilines is 1. The van der Waals surface area contributed by atoms with Crippen LogP contribution in [0.3, 0.4) is 0 Å². The zero-order valence-corrected chi connectivity index (χ0v) is 15.5. The Hall–Kier alpha value is -2.93. The molecule has 1 aliphatic heterocycles. The van der Waals surface area contributed by atoms with Crippen LogP contribution in [0.4, 0.5) is 5.69 Å². The topological polar surface area (TPSA) is 68.0 Å². The Morgan fingerprint density at radius 1 is 1.15 bits per heavy atom. The van der Waals surface area contributed by atoms with Crippen molar-refractivity contribution in [3.63, 3.8) is 0 Å². The molecule has 140 valence electrons. The number of nitrogens with zero attached hydrogens (tertiary/aromatic N) is 5. The monoisotopic (exact) mass is 364 g/mol. The van der Waals surface area contributed by atoms with E-state index in [1.807, 2.05) is 71.4 Å². The molecule has 4 rings (SSSR count). The molecule has 3 heterocycles. The molecule has 2 aromatic heterocycles. The first-order chi connectivity index (χ1) is 13.2. The lowest BCUT2D eigenvalue weighted by Crippen LogP contribution is -2.53. The van der Waals surface area contributed by atoms with Gasteiger partial charge in [0.2, 0.25) is 0 Å². The quantitative estimate of drug-likeness (QED) is 0.754. The number of hydrogen-bond donors (Lipinski definition) is 1. The first-order valence-electron chi connectivity index (χ1n) is 9.22. The third-order valence-corrected chi connectivity index (χ3v) is 5.25. The summed E-state index contributed by atoms with van der Waals surface area (Å²) in [6, 6.07) is 11.5. The molecule has 1 fully saturated rings. The molecule has 1 amide bonds. The molecule has 0 radical (unpaired) electrons. The molecular weight excluding hydrogens is 340 g/mol. The van der Waals surface area contributed by atoms with E-state index >= 15 is 0 Å². The van der Waals surface area contributed by atoms with Crippen molar-refractivity contribution in [2.45, 2.75) is 24.9 Å². The number of rotatable bonds is 5. The third kappa shape index (κ3) is 3.64. The summed E-state index contributed by atoms with van der Waals surface area (Å²) in [7, 11) is 1.93. The van der Waals surface area contributed by atoms with Crippen LogP contribution in [0.5, 0.6) is 0 Å². The highest BCUT2D eigenvalue weighted by molar-refractivity contribution is 5.96. The first-order valence-corrected chi connectivity index (χ1v) is 9.22. The van der Waals surface area contributed by atoms with Gasteiger partial charge in [-0.2, -0.15) is 10.2 Å². The van der Waals surface area contributed by atoms with Crippen LogP contribution in [-0.2, 0) is 23.9 Å². The van der Waals surface area contributed by atoms with Crippen LogP contribution in [-0.4, -0.2) is 43.5 Å². The van der Waals surface area contributed by atoms with E-state index in [1.54, 1.807) is 6.20 Å². The summed E-state index contributed by atoms with van der Waals surface area (Å²) in [6.45, 7) is 2.51. The van der Waals surface area contributed by atoms with Crippen molar-refractivity contribution < 1.29 is 4.79 Å². The molecule has 0 spiro atoms. The van der Waals surface area contributed by atoms with Crippen LogP contribution in [0.25, 0.3) is 0 Å². The number of aromatic nitrogens is 4. The van der Waals surface area contributed by atoms with Crippen LogP contribution in [0.15, 0.2) is 61.2 Å². The molecule has 1 aliphatic rings. The van der Waals surface area contributed by atoms with Gasteiger partial charge in [-0.1, -0.05) is 18.2 Å². The van der Waals surface area contributed by atoms with Crippen molar-refractivity contribution in [1.29, 1.82) is 0 Å². The van der Waals surface area contributed by atoms with Crippen LogP contribution in [0.1, 0.15) is 18.4 Å². The molecule has 0 atom stereocenters. The zero-order valence-electron chi connectivity index (χ0n) is 15.5. The lowest BCUT2D eigenvalue weighted by molar-refractivity contribution is -0.127. The van der Waals surface area contributed by atoms with Crippen LogP contribution in [0.2, 0.25) is 0 Å². The van der Waals surface area contributed by atoms with Crippen molar-refractivity contribution in [1.82, 2.24) is 24.5 Å². The fraction of sp³-hybridized carbons (Fsp3) is 0.350. The molecule has 0 bridgehead atoms. The molecule has 0 unspecified atom stereocenters. The van der Waals surface area contributed by atoms with Gasteiger partial charge in [-0.3, -0.25) is 19.1 Å². The lowest BCUT2D eigenvalue weighted by Gasteiger charge is -2.40. The molecule has 1 aromatic carbocycles. The van der Waals surface area contributed by atoms with E-state index in [2.05, 4.69) is 20.4 Å². The lowest BCUT2D eigenvalue weighted by atomic mass is 9.86. The predicted octanol–water partition coefficient (Wildman–Crippen LogP) is 2.25. The number of carbonyl (C=O) groups excluding carboxylic acids is 1. The second-order valence-electron chi connectivity index (χ2n) is 7.10. The van der Waals surface area contributed by atoms with E-state index in [9.17, 15) is 4.79 Å². The second-order valence-corrected chi connectivity index (χ2v) is 7.10. The fourth-order valence-corrected chi connectivity index (χ4v) is 3.74. The van der Waals surface area contributed by atoms with Gasteiger partial charge in [0, 0.05) is 56.5 Å². The van der Waals surface area contributed by atoms with Crippen molar-refractivity contribution in [2.75, 3.05) is 18.4 Å². The maximum Gasteiger partial charge on any atom is 0.252 e. The molecule has 0 aliphatic carbocycles. The number of aryl methyl sites for hydroxylation is 1. The number of nitrogens with one attached hydrogen (secondary N) is 1. The van der Waals surface area contributed by atoms with Gasteiger partial charge in [0.1, 0.15) is 5.54 Å². The van der Waals surface area contributed by atoms with E-state index in [-0.39, 0.29) is 5.91 Å². The summed E-state index contributed by atoms with van der Waals surface area (Å²) >= 11 is 0. The van der Waals surface area contributed by atoms with E-state index in [0.717, 1.165) is 25.3 Å². The Morgan fingerprint density at radius 2 is 1.93 bits per heavy atom. The van der Waals surface area contributed by atoms with Gasteiger partial charge >= 0.3 is 0 Å². The molecule has 7 heteroatoms. The van der Waals surface area contributed by atoms with Gasteiger partial charge in [-0.25, -0.2) is 0 Å². The predicted molar refractivity (Wildman–Crippen MR) is 103 cm³/mol. The minimum Gasteiger partial charge on any atom is -0.324 e. The fourth-order valence-electron chi connectivity index (χ4n) is 3.74. The number of carbonyl (C=O) groups is 1. The molecule has 1 saturated heterocycles. The van der Waals surface area contributed by atoms with Gasteiger partial charge in [-0.05, 0) is 31.0 Å². The first kappa shape index (κ1) is 17.5. The highest BCUT2D eigenvalue weighted by Gasteiger charge is 2.43. The number of piperidine rings is 1. The van der Waals surface area contributed by atoms with Crippen molar-refractivity contribution in [3.05, 3.63) is 66.7 Å². The summed E-state index contributed by atoms with van der Waals surface area (Å²) in [5.41, 5.74) is 1.34. The summed E-state index contributed by atoms with van der Waals surface area (Å²) in [5, 5.41) is 11.7. The smallest absolute Gasteiger partial charge is 0.252 e. The second kappa shape index (κ2) is 7.36. The Kier molecular flexibility index (Phi) is 4.77. The highest BCUT2D eigenvalue weighted by Crippen LogP contribution is 2.32. The number of hydrogen-bond acceptors (Lipinski definition) is 4. The standard InChI is InChI=1S/C20H24N6O/c1-24-15-17(14-22-24)16-25-12-8-20(9-13-25,26-11-5-10-21-26)19(27)23-18-6-3-2-4-7-18/h2-7,10-11,14-15H,8-9,12-13,16H2,1H3,(H,23,27). The number of para-hydroxylation sites is 1. The van der Waals surface area contributed by atoms with E-state index in [0.29, 0.717) is 12.8 Å². The Labute approximate surface area is 158 Å². The van der Waals surface area contributed by atoms with Gasteiger partial charge in [-0.15, -0.1) is 0 Å². The minimum absolute atomic E-state index is 0.00146. The van der Waals surface area contributed by atoms with Gasteiger partial charge in [0.05, 0.1) is 6.20 Å². The van der Waals surface area contributed by atoms with Gasteiger partial charge < -0.3 is 5.32 Å². The average molecular weight is 364 g/mol. The minimum atomic E-state index is -0.662. The average Bonchev–Trinajstić information content (AvgIpc) is 3.36. The molecular formula is C20H24N6O.